The Kier molecular flexibility index (Phi) is 11.8. The van der Waals surface area contributed by atoms with Crippen LogP contribution in [0.2, 0.25) is 0 Å². The van der Waals surface area contributed by atoms with E-state index < -0.39 is 30.0 Å². The first kappa shape index (κ1) is 29.8. The molecule has 1 aromatic heterocycles. The molecule has 0 unspecified atom stereocenters. The van der Waals surface area contributed by atoms with Crippen molar-refractivity contribution in [1.29, 1.82) is 0 Å². The number of esters is 2. The molecule has 10 heteroatoms. The summed E-state index contributed by atoms with van der Waals surface area (Å²) in [4.78, 5) is 42.0. The van der Waals surface area contributed by atoms with Crippen LogP contribution >= 0.6 is 0 Å². The molecule has 2 heterocycles. The molecular formula is C28H42N2O8. The second-order valence-electron chi connectivity index (χ2n) is 10.2. The number of aromatic nitrogens is 1. The predicted octanol–water partition coefficient (Wildman–Crippen LogP) is 3.85. The van der Waals surface area contributed by atoms with Gasteiger partial charge in [0.1, 0.15) is 6.10 Å². The number of hydrogen-bond acceptors (Lipinski definition) is 9. The van der Waals surface area contributed by atoms with Crippen LogP contribution in [-0.4, -0.2) is 68.0 Å². The third kappa shape index (κ3) is 8.39. The molecule has 1 N–H and O–H groups in total. The Morgan fingerprint density at radius 2 is 1.95 bits per heavy atom. The topological polar surface area (TPSA) is 122 Å². The molecule has 3 rings (SSSR count). The number of unbranched alkanes of at least 4 members (excludes halogenated alkanes) is 2. The lowest BCUT2D eigenvalue weighted by molar-refractivity contribution is -0.160. The molecule has 1 amide bonds. The van der Waals surface area contributed by atoms with E-state index >= 15 is 0 Å². The minimum Gasteiger partial charge on any atom is -0.493 e. The number of pyridine rings is 1. The standard InChI is InChI=1S/C28H42N2O8/c1-5-6-9-14-36-25-18(2)37-28(33)22(17-35-16-21(25)15-20-10-7-8-11-20)30-27(32)24-26(38-19(3)31)23(34-4)12-13-29-24/h12-13,18,20-22,25H,5-11,14-17H2,1-4H3,(H,30,32)/t18-,21-,22-,25-/m0/s1. The number of hydrogen-bond donors (Lipinski definition) is 1. The van der Waals surface area contributed by atoms with E-state index in [0.29, 0.717) is 19.1 Å². The Balaban J connectivity index is 1.75. The monoisotopic (exact) mass is 534 g/mol. The van der Waals surface area contributed by atoms with Crippen LogP contribution in [0.4, 0.5) is 0 Å². The Morgan fingerprint density at radius 3 is 2.63 bits per heavy atom. The molecule has 2 fully saturated rings. The van der Waals surface area contributed by atoms with Gasteiger partial charge in [0.25, 0.3) is 5.91 Å². The van der Waals surface area contributed by atoms with Crippen LogP contribution in [0.15, 0.2) is 12.3 Å². The van der Waals surface area contributed by atoms with Gasteiger partial charge in [-0.15, -0.1) is 0 Å². The van der Waals surface area contributed by atoms with Crippen molar-refractivity contribution in [2.24, 2.45) is 11.8 Å². The van der Waals surface area contributed by atoms with Crippen molar-refractivity contribution >= 4 is 17.8 Å². The van der Waals surface area contributed by atoms with Gasteiger partial charge in [0.15, 0.2) is 17.5 Å². The van der Waals surface area contributed by atoms with Crippen molar-refractivity contribution < 1.29 is 38.1 Å². The number of ether oxygens (including phenoxy) is 5. The lowest BCUT2D eigenvalue weighted by Crippen LogP contribution is -2.46. The first-order chi connectivity index (χ1) is 18.3. The Morgan fingerprint density at radius 1 is 1.18 bits per heavy atom. The van der Waals surface area contributed by atoms with Gasteiger partial charge < -0.3 is 29.0 Å². The van der Waals surface area contributed by atoms with Crippen LogP contribution < -0.4 is 14.8 Å². The smallest absolute Gasteiger partial charge is 0.331 e. The fraction of sp³-hybridized carbons (Fsp3) is 0.714. The molecule has 1 aromatic rings. The maximum atomic E-state index is 13.2. The minimum absolute atomic E-state index is 0.0616. The van der Waals surface area contributed by atoms with Crippen molar-refractivity contribution in [3.05, 3.63) is 18.0 Å². The molecular weight excluding hydrogens is 492 g/mol. The van der Waals surface area contributed by atoms with E-state index in [2.05, 4.69) is 17.2 Å². The van der Waals surface area contributed by atoms with E-state index in [-0.39, 0.29) is 35.8 Å². The van der Waals surface area contributed by atoms with Gasteiger partial charge in [-0.2, -0.15) is 0 Å². The fourth-order valence-corrected chi connectivity index (χ4v) is 5.26. The van der Waals surface area contributed by atoms with Crippen molar-refractivity contribution in [2.75, 3.05) is 26.9 Å². The summed E-state index contributed by atoms with van der Waals surface area (Å²) in [5, 5.41) is 2.64. The fourth-order valence-electron chi connectivity index (χ4n) is 5.26. The van der Waals surface area contributed by atoms with E-state index in [9.17, 15) is 14.4 Å². The number of amides is 1. The molecule has 212 valence electrons. The van der Waals surface area contributed by atoms with E-state index in [1.807, 2.05) is 6.92 Å². The van der Waals surface area contributed by atoms with Gasteiger partial charge >= 0.3 is 11.9 Å². The highest BCUT2D eigenvalue weighted by atomic mass is 16.6. The summed E-state index contributed by atoms with van der Waals surface area (Å²) in [6, 6.07) is 0.397. The van der Waals surface area contributed by atoms with Gasteiger partial charge in [-0.1, -0.05) is 45.4 Å². The Bertz CT molecular complexity index is 933. The molecule has 1 saturated heterocycles. The average Bonchev–Trinajstić information content (AvgIpc) is 3.41. The average molecular weight is 535 g/mol. The summed E-state index contributed by atoms with van der Waals surface area (Å²) in [6.07, 6.45) is 9.51. The van der Waals surface area contributed by atoms with Gasteiger partial charge in [-0.05, 0) is 25.7 Å². The van der Waals surface area contributed by atoms with E-state index in [4.69, 9.17) is 23.7 Å². The molecule has 0 radical (unpaired) electrons. The number of rotatable bonds is 11. The van der Waals surface area contributed by atoms with Crippen LogP contribution in [0.25, 0.3) is 0 Å². The SMILES string of the molecule is CCCCCO[C@@H]1[C@@H](CC2CCCC2)COC[C@H](NC(=O)c2nccc(OC)c2OC(C)=O)C(=O)O[C@H]1C. The van der Waals surface area contributed by atoms with Crippen molar-refractivity contribution in [2.45, 2.75) is 90.4 Å². The third-order valence-corrected chi connectivity index (χ3v) is 7.15. The molecule has 1 aliphatic heterocycles. The van der Waals surface area contributed by atoms with Gasteiger partial charge in [-0.3, -0.25) is 9.59 Å². The molecule has 0 bridgehead atoms. The number of nitrogens with zero attached hydrogens (tertiary/aromatic N) is 1. The van der Waals surface area contributed by atoms with Crippen LogP contribution in [-0.2, 0) is 23.8 Å². The zero-order valence-electron chi connectivity index (χ0n) is 23.0. The van der Waals surface area contributed by atoms with Gasteiger partial charge in [0.05, 0.1) is 26.4 Å². The van der Waals surface area contributed by atoms with Crippen molar-refractivity contribution in [1.82, 2.24) is 10.3 Å². The summed E-state index contributed by atoms with van der Waals surface area (Å²) < 4.78 is 28.6. The lowest BCUT2D eigenvalue weighted by atomic mass is 9.87. The number of carbonyl (C=O) groups is 3. The maximum absolute atomic E-state index is 13.2. The number of cyclic esters (lactones) is 1. The lowest BCUT2D eigenvalue weighted by Gasteiger charge is -2.32. The highest BCUT2D eigenvalue weighted by Gasteiger charge is 2.37. The van der Waals surface area contributed by atoms with Gasteiger partial charge in [0.2, 0.25) is 5.75 Å². The number of nitrogens with one attached hydrogen (secondary N) is 1. The summed E-state index contributed by atoms with van der Waals surface area (Å²) >= 11 is 0. The second-order valence-corrected chi connectivity index (χ2v) is 10.2. The first-order valence-electron chi connectivity index (χ1n) is 13.8. The maximum Gasteiger partial charge on any atom is 0.331 e. The summed E-state index contributed by atoms with van der Waals surface area (Å²) in [6.45, 7) is 6.14. The molecule has 1 saturated carbocycles. The Labute approximate surface area is 225 Å². The minimum atomic E-state index is -1.07. The second kappa shape index (κ2) is 15.0. The largest absolute Gasteiger partial charge is 0.493 e. The normalized spacial score (nSPS) is 24.6. The summed E-state index contributed by atoms with van der Waals surface area (Å²) in [5.74, 6) is -1.24. The Hall–Kier alpha value is -2.72. The molecule has 1 aliphatic carbocycles. The zero-order valence-corrected chi connectivity index (χ0v) is 23.0. The number of carbonyl (C=O) groups excluding carboxylic acids is 3. The molecule has 2 aliphatic rings. The van der Waals surface area contributed by atoms with Crippen molar-refractivity contribution in [3.8, 4) is 11.5 Å². The van der Waals surface area contributed by atoms with Crippen LogP contribution in [0.3, 0.4) is 0 Å². The predicted molar refractivity (Wildman–Crippen MR) is 139 cm³/mol. The molecule has 38 heavy (non-hydrogen) atoms. The number of methoxy groups -OCH3 is 1. The van der Waals surface area contributed by atoms with E-state index in [1.54, 1.807) is 0 Å². The molecule has 0 spiro atoms. The zero-order chi connectivity index (χ0) is 27.5. The third-order valence-electron chi connectivity index (χ3n) is 7.15. The van der Waals surface area contributed by atoms with Crippen LogP contribution in [0, 0.1) is 11.8 Å². The molecule has 4 atom stereocenters. The quantitative estimate of drug-likeness (QED) is 0.333. The highest BCUT2D eigenvalue weighted by molar-refractivity contribution is 5.98. The van der Waals surface area contributed by atoms with E-state index in [1.165, 1.54) is 52.0 Å². The van der Waals surface area contributed by atoms with Crippen LogP contribution in [0.1, 0.15) is 82.6 Å². The summed E-state index contributed by atoms with van der Waals surface area (Å²) in [5.41, 5.74) is -0.184. The molecule has 10 nitrogen and oxygen atoms in total. The van der Waals surface area contributed by atoms with E-state index in [0.717, 1.165) is 25.7 Å². The highest BCUT2D eigenvalue weighted by Crippen LogP contribution is 2.34. The van der Waals surface area contributed by atoms with Gasteiger partial charge in [0, 0.05) is 31.7 Å². The van der Waals surface area contributed by atoms with Gasteiger partial charge in [-0.25, -0.2) is 9.78 Å². The van der Waals surface area contributed by atoms with Crippen LogP contribution in [0.5, 0.6) is 11.5 Å². The van der Waals surface area contributed by atoms with Crippen molar-refractivity contribution in [3.63, 3.8) is 0 Å². The first-order valence-corrected chi connectivity index (χ1v) is 13.8. The summed E-state index contributed by atoms with van der Waals surface area (Å²) in [7, 11) is 1.39. The molecule has 0 aromatic carbocycles.